The van der Waals surface area contributed by atoms with Crippen LogP contribution >= 0.6 is 0 Å². The van der Waals surface area contributed by atoms with Gasteiger partial charge in [0.2, 0.25) is 15.9 Å². The zero-order valence-corrected chi connectivity index (χ0v) is 15.1. The minimum atomic E-state index is -4.99. The second-order valence-corrected chi connectivity index (χ2v) is 7.97. The summed E-state index contributed by atoms with van der Waals surface area (Å²) in [5.41, 5.74) is 0.958. The maximum atomic E-state index is 12.8. The average molecular weight is 402 g/mol. The Kier molecular flexibility index (Phi) is 5.29. The van der Waals surface area contributed by atoms with Gasteiger partial charge in [-0.1, -0.05) is 18.2 Å². The van der Waals surface area contributed by atoms with Crippen molar-refractivity contribution in [3.63, 3.8) is 0 Å². The monoisotopic (exact) mass is 402 g/mol. The lowest BCUT2D eigenvalue weighted by molar-refractivity contribution is -0.275. The van der Waals surface area contributed by atoms with Crippen LogP contribution in [0.3, 0.4) is 0 Å². The van der Waals surface area contributed by atoms with E-state index in [1.165, 1.54) is 12.1 Å². The molecule has 1 atom stereocenters. The molecule has 146 valence electrons. The number of nitrogens with zero attached hydrogens (tertiary/aromatic N) is 2. The predicted octanol–water partition coefficient (Wildman–Crippen LogP) is 3.13. The van der Waals surface area contributed by atoms with Gasteiger partial charge in [-0.25, -0.2) is 13.4 Å². The van der Waals surface area contributed by atoms with Gasteiger partial charge in [0.25, 0.3) is 0 Å². The number of rotatable bonds is 5. The number of hydrogen-bond donors (Lipinski definition) is 0. The molecule has 1 aromatic carbocycles. The molecule has 1 aliphatic rings. The first-order valence-electron chi connectivity index (χ1n) is 8.09. The van der Waals surface area contributed by atoms with Crippen molar-refractivity contribution >= 4 is 10.0 Å². The second kappa shape index (κ2) is 7.35. The van der Waals surface area contributed by atoms with E-state index in [4.69, 9.17) is 4.74 Å². The molecule has 0 bridgehead atoms. The van der Waals surface area contributed by atoms with Crippen molar-refractivity contribution in [2.45, 2.75) is 30.7 Å². The molecule has 2 heterocycles. The Bertz CT molecular complexity index is 901. The number of hydrogen-bond acceptors (Lipinski definition) is 5. The Morgan fingerprint density at radius 1 is 1.19 bits per heavy atom. The number of aromatic nitrogens is 1. The molecule has 0 radical (unpaired) electrons. The summed E-state index contributed by atoms with van der Waals surface area (Å²) < 4.78 is 73.9. The number of ether oxygens (including phenoxy) is 2. The fraction of sp³-hybridized carbons (Fsp3) is 0.353. The minimum Gasteiger partial charge on any atom is -0.473 e. The van der Waals surface area contributed by atoms with Crippen LogP contribution in [0, 0.1) is 6.92 Å². The van der Waals surface area contributed by atoms with Crippen molar-refractivity contribution in [1.82, 2.24) is 9.29 Å². The maximum absolute atomic E-state index is 12.8. The Morgan fingerprint density at radius 2 is 1.93 bits per heavy atom. The van der Waals surface area contributed by atoms with Crippen molar-refractivity contribution in [1.29, 1.82) is 0 Å². The predicted molar refractivity (Wildman–Crippen MR) is 89.9 cm³/mol. The Hall–Kier alpha value is -2.33. The van der Waals surface area contributed by atoms with E-state index in [9.17, 15) is 21.6 Å². The summed E-state index contributed by atoms with van der Waals surface area (Å²) in [5, 5.41) is 0. The molecule has 10 heteroatoms. The summed E-state index contributed by atoms with van der Waals surface area (Å²) in [6, 6.07) is 8.18. The highest BCUT2D eigenvalue weighted by Crippen LogP contribution is 2.32. The number of alkyl halides is 3. The van der Waals surface area contributed by atoms with Gasteiger partial charge >= 0.3 is 6.36 Å². The normalized spacial score (nSPS) is 18.4. The lowest BCUT2D eigenvalue weighted by Crippen LogP contribution is -2.32. The van der Waals surface area contributed by atoms with E-state index in [0.717, 1.165) is 22.0 Å². The standard InChI is InChI=1S/C17H17F3N2O4S/c1-12-6-7-16(21-10-12)25-13-8-9-22(11-13)27(23,24)15-5-3-2-4-14(15)26-17(18,19)20/h2-7,10,13H,8-9,11H2,1H3. The van der Waals surface area contributed by atoms with Crippen LogP contribution in [0.25, 0.3) is 0 Å². The van der Waals surface area contributed by atoms with Crippen LogP contribution in [0.4, 0.5) is 13.2 Å². The molecule has 1 saturated heterocycles. The number of aryl methyl sites for hydroxylation is 1. The number of para-hydroxylation sites is 1. The molecule has 3 rings (SSSR count). The molecule has 1 aliphatic heterocycles. The maximum Gasteiger partial charge on any atom is 0.573 e. The van der Waals surface area contributed by atoms with E-state index in [1.54, 1.807) is 12.3 Å². The Labute approximate surface area is 154 Å². The van der Waals surface area contributed by atoms with Crippen LogP contribution in [-0.4, -0.2) is 43.3 Å². The second-order valence-electron chi connectivity index (χ2n) is 6.06. The van der Waals surface area contributed by atoms with Crippen molar-refractivity contribution in [3.05, 3.63) is 48.2 Å². The third kappa shape index (κ3) is 4.69. The fourth-order valence-corrected chi connectivity index (χ4v) is 4.32. The summed E-state index contributed by atoms with van der Waals surface area (Å²) in [4.78, 5) is 3.58. The summed E-state index contributed by atoms with van der Waals surface area (Å²) in [7, 11) is -4.17. The van der Waals surface area contributed by atoms with Gasteiger partial charge in [0.15, 0.2) is 0 Å². The highest BCUT2D eigenvalue weighted by molar-refractivity contribution is 7.89. The SMILES string of the molecule is Cc1ccc(OC2CCN(S(=O)(=O)c3ccccc3OC(F)(F)F)C2)nc1. The first-order valence-corrected chi connectivity index (χ1v) is 9.53. The number of pyridine rings is 1. The highest BCUT2D eigenvalue weighted by Gasteiger charge is 2.38. The molecule has 0 N–H and O–H groups in total. The number of benzene rings is 1. The summed E-state index contributed by atoms with van der Waals surface area (Å²) in [6.45, 7) is 2.01. The molecule has 27 heavy (non-hydrogen) atoms. The first-order chi connectivity index (χ1) is 12.6. The number of halogens is 3. The Morgan fingerprint density at radius 3 is 2.59 bits per heavy atom. The topological polar surface area (TPSA) is 68.7 Å². The van der Waals surface area contributed by atoms with E-state index >= 15 is 0 Å². The van der Waals surface area contributed by atoms with Gasteiger partial charge in [-0.2, -0.15) is 4.31 Å². The molecule has 0 aliphatic carbocycles. The van der Waals surface area contributed by atoms with Gasteiger partial charge in [-0.3, -0.25) is 0 Å². The van der Waals surface area contributed by atoms with Crippen LogP contribution in [0.15, 0.2) is 47.5 Å². The molecule has 1 unspecified atom stereocenters. The van der Waals surface area contributed by atoms with Crippen LogP contribution in [0.5, 0.6) is 11.6 Å². The summed E-state index contributed by atoms with van der Waals surface area (Å²) in [6.07, 6.45) is -3.40. The molecular weight excluding hydrogens is 385 g/mol. The first kappa shape index (κ1) is 19.4. The fourth-order valence-electron chi connectivity index (χ4n) is 2.72. The molecule has 0 saturated carbocycles. The third-order valence-electron chi connectivity index (χ3n) is 3.97. The van der Waals surface area contributed by atoms with E-state index in [0.29, 0.717) is 12.3 Å². The summed E-state index contributed by atoms with van der Waals surface area (Å²) in [5.74, 6) is -0.389. The van der Waals surface area contributed by atoms with Crippen molar-refractivity contribution in [3.8, 4) is 11.6 Å². The quantitative estimate of drug-likeness (QED) is 0.769. The van der Waals surface area contributed by atoms with Gasteiger partial charge in [0.05, 0.1) is 6.54 Å². The largest absolute Gasteiger partial charge is 0.573 e. The van der Waals surface area contributed by atoms with E-state index < -0.39 is 33.1 Å². The van der Waals surface area contributed by atoms with Crippen LogP contribution < -0.4 is 9.47 Å². The highest BCUT2D eigenvalue weighted by atomic mass is 32.2. The van der Waals surface area contributed by atoms with Gasteiger partial charge in [0.1, 0.15) is 16.7 Å². The van der Waals surface area contributed by atoms with Gasteiger partial charge < -0.3 is 9.47 Å². The van der Waals surface area contributed by atoms with E-state index in [-0.39, 0.29) is 13.1 Å². The molecule has 0 spiro atoms. The van der Waals surface area contributed by atoms with Crippen molar-refractivity contribution in [2.75, 3.05) is 13.1 Å². The van der Waals surface area contributed by atoms with Crippen molar-refractivity contribution in [2.24, 2.45) is 0 Å². The third-order valence-corrected chi connectivity index (χ3v) is 5.88. The van der Waals surface area contributed by atoms with Gasteiger partial charge in [-0.05, 0) is 31.0 Å². The van der Waals surface area contributed by atoms with Crippen LogP contribution in [0.2, 0.25) is 0 Å². The summed E-state index contributed by atoms with van der Waals surface area (Å²) >= 11 is 0. The average Bonchev–Trinajstić information content (AvgIpc) is 3.05. The van der Waals surface area contributed by atoms with Crippen molar-refractivity contribution < 1.29 is 31.1 Å². The molecule has 2 aromatic rings. The zero-order valence-electron chi connectivity index (χ0n) is 14.3. The lowest BCUT2D eigenvalue weighted by atomic mass is 10.3. The van der Waals surface area contributed by atoms with Crippen LogP contribution in [0.1, 0.15) is 12.0 Å². The van der Waals surface area contributed by atoms with Gasteiger partial charge in [-0.15, -0.1) is 13.2 Å². The van der Waals surface area contributed by atoms with Crippen LogP contribution in [-0.2, 0) is 10.0 Å². The minimum absolute atomic E-state index is 0.0121. The molecule has 6 nitrogen and oxygen atoms in total. The molecule has 1 fully saturated rings. The zero-order chi connectivity index (χ0) is 19.7. The Balaban J connectivity index is 1.76. The molecule has 1 aromatic heterocycles. The van der Waals surface area contributed by atoms with E-state index in [1.807, 2.05) is 13.0 Å². The lowest BCUT2D eigenvalue weighted by Gasteiger charge is -2.19. The van der Waals surface area contributed by atoms with Gasteiger partial charge in [0, 0.05) is 18.8 Å². The van der Waals surface area contributed by atoms with E-state index in [2.05, 4.69) is 9.72 Å². The molecular formula is C17H17F3N2O4S. The molecule has 0 amide bonds. The smallest absolute Gasteiger partial charge is 0.473 e. The number of sulfonamides is 1.